The van der Waals surface area contributed by atoms with Crippen molar-refractivity contribution in [3.63, 3.8) is 0 Å². The molecule has 184 valence electrons. The van der Waals surface area contributed by atoms with Gasteiger partial charge in [-0.05, 0) is 36.3 Å². The molecule has 0 radical (unpaired) electrons. The van der Waals surface area contributed by atoms with Crippen molar-refractivity contribution in [2.75, 3.05) is 39.6 Å². The Bertz CT molecular complexity index is 1270. The summed E-state index contributed by atoms with van der Waals surface area (Å²) in [6.07, 6.45) is 1.58. The summed E-state index contributed by atoms with van der Waals surface area (Å²) in [4.78, 5) is 29.1. The number of amides is 3. The number of hydrogen-bond acceptors (Lipinski definition) is 7. The van der Waals surface area contributed by atoms with Crippen molar-refractivity contribution in [1.29, 1.82) is 0 Å². The van der Waals surface area contributed by atoms with Gasteiger partial charge in [-0.1, -0.05) is 36.4 Å². The van der Waals surface area contributed by atoms with Gasteiger partial charge in [-0.3, -0.25) is 9.69 Å². The van der Waals surface area contributed by atoms with Gasteiger partial charge in [0.1, 0.15) is 5.54 Å². The zero-order valence-corrected chi connectivity index (χ0v) is 20.0. The van der Waals surface area contributed by atoms with E-state index in [2.05, 4.69) is 5.32 Å². The first-order valence-corrected chi connectivity index (χ1v) is 12.8. The number of nitrogens with one attached hydrogen (secondary N) is 1. The summed E-state index contributed by atoms with van der Waals surface area (Å²) in [5.41, 5.74) is 0.174. The molecule has 1 N–H and O–H groups in total. The quantitative estimate of drug-likeness (QED) is 0.605. The molecule has 0 saturated carbocycles. The molecular formula is C24H26N4O6S. The average Bonchev–Trinajstić information content (AvgIpc) is 3.42. The Hall–Kier alpha value is -3.41. The van der Waals surface area contributed by atoms with E-state index in [0.717, 1.165) is 5.56 Å². The summed E-state index contributed by atoms with van der Waals surface area (Å²) >= 11 is 0. The van der Waals surface area contributed by atoms with Crippen LogP contribution in [-0.2, 0) is 20.4 Å². The largest absolute Gasteiger partial charge is 0.454 e. The lowest BCUT2D eigenvalue weighted by Crippen LogP contribution is -2.52. The zero-order chi connectivity index (χ0) is 24.6. The van der Waals surface area contributed by atoms with Crippen LogP contribution in [-0.4, -0.2) is 74.1 Å². The first-order chi connectivity index (χ1) is 16.8. The molecule has 1 atom stereocenters. The van der Waals surface area contributed by atoms with E-state index in [1.165, 1.54) is 14.6 Å². The van der Waals surface area contributed by atoms with Crippen molar-refractivity contribution in [3.8, 4) is 11.5 Å². The number of carbonyl (C=O) groups is 2. The maximum atomic E-state index is 13.3. The summed E-state index contributed by atoms with van der Waals surface area (Å²) < 4.78 is 37.6. The van der Waals surface area contributed by atoms with Crippen LogP contribution in [0.15, 0.2) is 53.9 Å². The molecule has 3 aliphatic rings. The maximum absolute atomic E-state index is 13.3. The Labute approximate surface area is 203 Å². The SMILES string of the molecule is CC1(c2ccc3c(c2)OCO3)NC(=O)N(CN2CCN(S(=O)(=O)C=Cc3ccccc3)CC2)C1=O. The van der Waals surface area contributed by atoms with Crippen LogP contribution >= 0.6 is 0 Å². The second-order valence-electron chi connectivity index (χ2n) is 8.77. The van der Waals surface area contributed by atoms with Crippen LogP contribution in [0.2, 0.25) is 0 Å². The number of benzene rings is 2. The number of carbonyl (C=O) groups excluding carboxylic acids is 2. The minimum absolute atomic E-state index is 0.0819. The minimum atomic E-state index is -3.57. The van der Waals surface area contributed by atoms with Crippen molar-refractivity contribution in [2.45, 2.75) is 12.5 Å². The molecular weight excluding hydrogens is 472 g/mol. The second kappa shape index (κ2) is 8.99. The molecule has 0 bridgehead atoms. The molecule has 0 aromatic heterocycles. The number of urea groups is 1. The molecule has 1 unspecified atom stereocenters. The lowest BCUT2D eigenvalue weighted by Gasteiger charge is -2.34. The highest BCUT2D eigenvalue weighted by atomic mass is 32.2. The van der Waals surface area contributed by atoms with Crippen LogP contribution in [0.5, 0.6) is 11.5 Å². The highest BCUT2D eigenvalue weighted by molar-refractivity contribution is 7.92. The van der Waals surface area contributed by atoms with E-state index >= 15 is 0 Å². The average molecular weight is 499 g/mol. The molecule has 2 saturated heterocycles. The van der Waals surface area contributed by atoms with Crippen LogP contribution < -0.4 is 14.8 Å². The molecule has 11 heteroatoms. The van der Waals surface area contributed by atoms with Crippen molar-refractivity contribution in [3.05, 3.63) is 65.1 Å². The smallest absolute Gasteiger partial charge is 0.326 e. The number of fused-ring (bicyclic) bond motifs is 1. The van der Waals surface area contributed by atoms with E-state index in [9.17, 15) is 18.0 Å². The second-order valence-corrected chi connectivity index (χ2v) is 10.6. The number of ether oxygens (including phenoxy) is 2. The predicted octanol–water partition coefficient (Wildman–Crippen LogP) is 1.76. The summed E-state index contributed by atoms with van der Waals surface area (Å²) in [6, 6.07) is 13.9. The summed E-state index contributed by atoms with van der Waals surface area (Å²) in [6.45, 7) is 3.19. The molecule has 0 spiro atoms. The third kappa shape index (κ3) is 4.49. The standard InChI is InChI=1S/C24H26N4O6S/c1-24(19-7-8-20-21(15-19)34-17-33-20)22(29)28(23(30)25-24)16-26-10-12-27(13-11-26)35(31,32)14-9-18-5-3-2-4-6-18/h2-9,14-15H,10-13,16-17H2,1H3,(H,25,30). The molecule has 3 heterocycles. The van der Waals surface area contributed by atoms with Crippen molar-refractivity contribution in [2.24, 2.45) is 0 Å². The first-order valence-electron chi connectivity index (χ1n) is 11.3. The van der Waals surface area contributed by atoms with Gasteiger partial charge >= 0.3 is 6.03 Å². The summed E-state index contributed by atoms with van der Waals surface area (Å²) in [7, 11) is -3.57. The fourth-order valence-electron chi connectivity index (χ4n) is 4.37. The number of rotatable bonds is 6. The Kier molecular flexibility index (Phi) is 5.99. The van der Waals surface area contributed by atoms with E-state index in [-0.39, 0.29) is 32.5 Å². The molecule has 35 heavy (non-hydrogen) atoms. The highest BCUT2D eigenvalue weighted by Crippen LogP contribution is 2.37. The fraction of sp³-hybridized carbons (Fsp3) is 0.333. The molecule has 5 rings (SSSR count). The Morgan fingerprint density at radius 2 is 1.71 bits per heavy atom. The fourth-order valence-corrected chi connectivity index (χ4v) is 5.54. The molecule has 3 amide bonds. The number of imide groups is 1. The van der Waals surface area contributed by atoms with Gasteiger partial charge in [0.15, 0.2) is 11.5 Å². The molecule has 3 aliphatic heterocycles. The van der Waals surface area contributed by atoms with Crippen molar-refractivity contribution >= 4 is 28.0 Å². The van der Waals surface area contributed by atoms with Gasteiger partial charge in [0, 0.05) is 31.6 Å². The number of hydrogen-bond donors (Lipinski definition) is 1. The molecule has 2 fully saturated rings. The molecule has 2 aromatic rings. The normalized spacial score (nSPS) is 23.3. The Morgan fingerprint density at radius 3 is 2.46 bits per heavy atom. The van der Waals surface area contributed by atoms with Gasteiger partial charge < -0.3 is 14.8 Å². The van der Waals surface area contributed by atoms with Crippen LogP contribution in [0, 0.1) is 0 Å². The van der Waals surface area contributed by atoms with E-state index < -0.39 is 21.6 Å². The van der Waals surface area contributed by atoms with Gasteiger partial charge in [0.05, 0.1) is 6.67 Å². The monoisotopic (exact) mass is 498 g/mol. The van der Waals surface area contributed by atoms with Gasteiger partial charge in [0.25, 0.3) is 5.91 Å². The lowest BCUT2D eigenvalue weighted by atomic mass is 9.92. The van der Waals surface area contributed by atoms with E-state index in [1.54, 1.807) is 31.2 Å². The van der Waals surface area contributed by atoms with Crippen LogP contribution in [0.3, 0.4) is 0 Å². The van der Waals surface area contributed by atoms with Gasteiger partial charge in [-0.15, -0.1) is 0 Å². The predicted molar refractivity (Wildman–Crippen MR) is 128 cm³/mol. The zero-order valence-electron chi connectivity index (χ0n) is 19.2. The maximum Gasteiger partial charge on any atom is 0.326 e. The van der Waals surface area contributed by atoms with Gasteiger partial charge in [-0.25, -0.2) is 18.1 Å². The highest BCUT2D eigenvalue weighted by Gasteiger charge is 2.50. The molecule has 0 aliphatic carbocycles. The van der Waals surface area contributed by atoms with Gasteiger partial charge in [-0.2, -0.15) is 4.31 Å². The van der Waals surface area contributed by atoms with Gasteiger partial charge in [0.2, 0.25) is 16.8 Å². The summed E-state index contributed by atoms with van der Waals surface area (Å²) in [5.74, 6) is 0.752. The molecule has 2 aromatic carbocycles. The van der Waals surface area contributed by atoms with Crippen molar-refractivity contribution in [1.82, 2.24) is 19.4 Å². The van der Waals surface area contributed by atoms with Crippen molar-refractivity contribution < 1.29 is 27.5 Å². The van der Waals surface area contributed by atoms with Crippen LogP contribution in [0.25, 0.3) is 6.08 Å². The minimum Gasteiger partial charge on any atom is -0.454 e. The Balaban J connectivity index is 1.21. The lowest BCUT2D eigenvalue weighted by molar-refractivity contribution is -0.132. The van der Waals surface area contributed by atoms with E-state index in [0.29, 0.717) is 30.2 Å². The first kappa shape index (κ1) is 23.3. The van der Waals surface area contributed by atoms with E-state index in [1.807, 2.05) is 35.2 Å². The third-order valence-corrected chi connectivity index (χ3v) is 8.05. The number of nitrogens with zero attached hydrogens (tertiary/aromatic N) is 3. The van der Waals surface area contributed by atoms with Crippen LogP contribution in [0.1, 0.15) is 18.1 Å². The van der Waals surface area contributed by atoms with Crippen LogP contribution in [0.4, 0.5) is 4.79 Å². The molecule has 10 nitrogen and oxygen atoms in total. The Morgan fingerprint density at radius 1 is 1.00 bits per heavy atom. The third-order valence-electron chi connectivity index (χ3n) is 6.49. The van der Waals surface area contributed by atoms with E-state index in [4.69, 9.17) is 9.47 Å². The topological polar surface area (TPSA) is 108 Å². The summed E-state index contributed by atoms with van der Waals surface area (Å²) in [5, 5.41) is 4.01. The number of piperazine rings is 1. The number of sulfonamides is 1.